The molecule has 0 radical (unpaired) electrons. The first kappa shape index (κ1) is 12.4. The van der Waals surface area contributed by atoms with Crippen molar-refractivity contribution in [3.8, 4) is 0 Å². The highest BCUT2D eigenvalue weighted by Gasteiger charge is 2.63. The van der Waals surface area contributed by atoms with Crippen LogP contribution in [-0.2, 0) is 10.2 Å². The van der Waals surface area contributed by atoms with Gasteiger partial charge in [-0.15, -0.1) is 0 Å². The molecular formula is C14H17ClFNO. The third-order valence-corrected chi connectivity index (χ3v) is 5.03. The Balaban J connectivity index is 2.10. The highest BCUT2D eigenvalue weighted by Crippen LogP contribution is 2.62. The van der Waals surface area contributed by atoms with E-state index in [1.807, 2.05) is 0 Å². The SMILES string of the molecule is Cc1cc(Cl)c(C2(C3(CN)CC3)COC2)cc1F. The van der Waals surface area contributed by atoms with Crippen molar-refractivity contribution in [3.63, 3.8) is 0 Å². The Hall–Kier alpha value is -0.640. The predicted octanol–water partition coefficient (Wildman–Crippen LogP) is 2.79. The van der Waals surface area contributed by atoms with E-state index in [1.165, 1.54) is 0 Å². The molecule has 1 aromatic carbocycles. The molecule has 0 spiro atoms. The molecule has 1 aliphatic heterocycles. The quantitative estimate of drug-likeness (QED) is 0.916. The average Bonchev–Trinajstić information content (AvgIpc) is 3.05. The van der Waals surface area contributed by atoms with Crippen LogP contribution in [0.15, 0.2) is 12.1 Å². The van der Waals surface area contributed by atoms with Crippen LogP contribution in [0.1, 0.15) is 24.0 Å². The maximum atomic E-state index is 13.8. The van der Waals surface area contributed by atoms with Crippen molar-refractivity contribution in [1.82, 2.24) is 0 Å². The summed E-state index contributed by atoms with van der Waals surface area (Å²) in [5.41, 5.74) is 7.28. The minimum Gasteiger partial charge on any atom is -0.379 e. The molecule has 1 saturated heterocycles. The summed E-state index contributed by atoms with van der Waals surface area (Å²) >= 11 is 6.33. The second-order valence-corrected chi connectivity index (χ2v) is 6.05. The van der Waals surface area contributed by atoms with E-state index in [1.54, 1.807) is 19.1 Å². The molecule has 2 nitrogen and oxygen atoms in total. The number of hydrogen-bond donors (Lipinski definition) is 1. The van der Waals surface area contributed by atoms with Gasteiger partial charge >= 0.3 is 0 Å². The van der Waals surface area contributed by atoms with Crippen LogP contribution in [0.3, 0.4) is 0 Å². The van der Waals surface area contributed by atoms with Crippen LogP contribution in [-0.4, -0.2) is 19.8 Å². The number of benzene rings is 1. The summed E-state index contributed by atoms with van der Waals surface area (Å²) in [5.74, 6) is -0.200. The Morgan fingerprint density at radius 2 is 2.06 bits per heavy atom. The largest absolute Gasteiger partial charge is 0.379 e. The molecule has 2 fully saturated rings. The molecule has 0 amide bonds. The summed E-state index contributed by atoms with van der Waals surface area (Å²) in [5, 5.41) is 0.636. The van der Waals surface area contributed by atoms with Crippen LogP contribution in [0.4, 0.5) is 4.39 Å². The van der Waals surface area contributed by atoms with Gasteiger partial charge in [0.05, 0.1) is 18.6 Å². The van der Waals surface area contributed by atoms with Crippen molar-refractivity contribution >= 4 is 11.6 Å². The van der Waals surface area contributed by atoms with Crippen molar-refractivity contribution in [3.05, 3.63) is 34.1 Å². The molecule has 2 aliphatic rings. The molecule has 3 rings (SSSR count). The molecule has 0 atom stereocenters. The van der Waals surface area contributed by atoms with Crippen LogP contribution in [0, 0.1) is 18.2 Å². The summed E-state index contributed by atoms with van der Waals surface area (Å²) in [4.78, 5) is 0. The van der Waals surface area contributed by atoms with Gasteiger partial charge < -0.3 is 10.5 Å². The third kappa shape index (κ3) is 1.47. The fourth-order valence-corrected chi connectivity index (χ4v) is 3.49. The summed E-state index contributed by atoms with van der Waals surface area (Å²) in [6, 6.07) is 3.29. The minimum atomic E-state index is -0.200. The van der Waals surface area contributed by atoms with Gasteiger partial charge in [0.25, 0.3) is 0 Å². The van der Waals surface area contributed by atoms with Gasteiger partial charge in [-0.2, -0.15) is 0 Å². The topological polar surface area (TPSA) is 35.2 Å². The van der Waals surface area contributed by atoms with E-state index in [0.717, 1.165) is 18.4 Å². The first-order valence-electron chi connectivity index (χ1n) is 6.29. The van der Waals surface area contributed by atoms with Crippen LogP contribution < -0.4 is 5.73 Å². The predicted molar refractivity (Wildman–Crippen MR) is 69.4 cm³/mol. The number of ether oxygens (including phenoxy) is 1. The first-order chi connectivity index (χ1) is 8.55. The lowest BCUT2D eigenvalue weighted by molar-refractivity contribution is -0.0973. The zero-order chi connectivity index (χ0) is 13.0. The van der Waals surface area contributed by atoms with Gasteiger partial charge in [-0.25, -0.2) is 4.39 Å². The summed E-state index contributed by atoms with van der Waals surface area (Å²) in [6.45, 7) is 3.55. The van der Waals surface area contributed by atoms with E-state index < -0.39 is 0 Å². The van der Waals surface area contributed by atoms with Crippen LogP contribution in [0.25, 0.3) is 0 Å². The van der Waals surface area contributed by atoms with Gasteiger partial charge in [0.1, 0.15) is 5.82 Å². The van der Waals surface area contributed by atoms with Gasteiger partial charge in [0.2, 0.25) is 0 Å². The van der Waals surface area contributed by atoms with Crippen molar-refractivity contribution in [1.29, 1.82) is 0 Å². The molecule has 18 heavy (non-hydrogen) atoms. The molecule has 4 heteroatoms. The second-order valence-electron chi connectivity index (χ2n) is 5.64. The highest BCUT2D eigenvalue weighted by atomic mass is 35.5. The maximum Gasteiger partial charge on any atom is 0.126 e. The summed E-state index contributed by atoms with van der Waals surface area (Å²) in [7, 11) is 0. The smallest absolute Gasteiger partial charge is 0.126 e. The lowest BCUT2D eigenvalue weighted by Crippen LogP contribution is -2.56. The van der Waals surface area contributed by atoms with Crippen molar-refractivity contribution < 1.29 is 9.13 Å². The Kier molecular flexibility index (Phi) is 2.70. The van der Waals surface area contributed by atoms with E-state index in [9.17, 15) is 4.39 Å². The standard InChI is InChI=1S/C14H17ClFNO/c1-9-4-11(15)10(5-12(9)16)14(7-18-8-14)13(6-17)2-3-13/h4-5H,2-3,6-8,17H2,1H3. The molecular weight excluding hydrogens is 253 g/mol. The number of rotatable bonds is 3. The van der Waals surface area contributed by atoms with Crippen LogP contribution in [0.2, 0.25) is 5.02 Å². The second kappa shape index (κ2) is 3.92. The van der Waals surface area contributed by atoms with Crippen molar-refractivity contribution in [2.24, 2.45) is 11.1 Å². The van der Waals surface area contributed by atoms with Gasteiger partial charge in [-0.1, -0.05) is 11.6 Å². The van der Waals surface area contributed by atoms with Gasteiger partial charge in [0.15, 0.2) is 0 Å². The molecule has 1 saturated carbocycles. The van der Waals surface area contributed by atoms with Crippen molar-refractivity contribution in [2.75, 3.05) is 19.8 Å². The normalized spacial score (nSPS) is 23.6. The molecule has 1 aromatic rings. The fraction of sp³-hybridized carbons (Fsp3) is 0.571. The molecule has 1 heterocycles. The van der Waals surface area contributed by atoms with E-state index in [2.05, 4.69) is 0 Å². The Morgan fingerprint density at radius 3 is 2.50 bits per heavy atom. The lowest BCUT2D eigenvalue weighted by atomic mass is 9.66. The lowest BCUT2D eigenvalue weighted by Gasteiger charge is -2.48. The van der Waals surface area contributed by atoms with Crippen LogP contribution in [0.5, 0.6) is 0 Å². The van der Waals surface area contributed by atoms with E-state index in [4.69, 9.17) is 22.1 Å². The summed E-state index contributed by atoms with van der Waals surface area (Å²) in [6.07, 6.45) is 2.16. The number of hydrogen-bond acceptors (Lipinski definition) is 2. The first-order valence-corrected chi connectivity index (χ1v) is 6.66. The Morgan fingerprint density at radius 1 is 1.39 bits per heavy atom. The maximum absolute atomic E-state index is 13.8. The van der Waals surface area contributed by atoms with Crippen LogP contribution >= 0.6 is 11.6 Å². The zero-order valence-electron chi connectivity index (χ0n) is 10.4. The van der Waals surface area contributed by atoms with E-state index in [-0.39, 0.29) is 16.6 Å². The number of aryl methyl sites for hydroxylation is 1. The van der Waals surface area contributed by atoms with Gasteiger partial charge in [-0.3, -0.25) is 0 Å². The van der Waals surface area contributed by atoms with Crippen molar-refractivity contribution in [2.45, 2.75) is 25.2 Å². The number of halogens is 2. The number of nitrogens with two attached hydrogens (primary N) is 1. The molecule has 2 N–H and O–H groups in total. The minimum absolute atomic E-state index is 0.0661. The Labute approximate surface area is 111 Å². The fourth-order valence-electron chi connectivity index (χ4n) is 3.10. The average molecular weight is 270 g/mol. The van der Waals surface area contributed by atoms with Gasteiger partial charge in [-0.05, 0) is 55.0 Å². The summed E-state index contributed by atoms with van der Waals surface area (Å²) < 4.78 is 19.2. The van der Waals surface area contributed by atoms with Gasteiger partial charge in [0, 0.05) is 5.02 Å². The molecule has 1 aliphatic carbocycles. The third-order valence-electron chi connectivity index (χ3n) is 4.72. The molecule has 0 bridgehead atoms. The van der Waals surface area contributed by atoms with E-state index >= 15 is 0 Å². The highest BCUT2D eigenvalue weighted by molar-refractivity contribution is 6.31. The Bertz CT molecular complexity index is 495. The monoisotopic (exact) mass is 269 g/mol. The molecule has 0 aromatic heterocycles. The molecule has 98 valence electrons. The molecule has 0 unspecified atom stereocenters. The zero-order valence-corrected chi connectivity index (χ0v) is 11.2. The van der Waals surface area contributed by atoms with E-state index in [0.29, 0.717) is 30.3 Å².